The van der Waals surface area contributed by atoms with Gasteiger partial charge in [-0.25, -0.2) is 0 Å². The highest BCUT2D eigenvalue weighted by atomic mass is 35.5. The highest BCUT2D eigenvalue weighted by Gasteiger charge is 2.40. The highest BCUT2D eigenvalue weighted by Crippen LogP contribution is 2.33. The number of nitrogens with zero attached hydrogens (tertiary/aromatic N) is 1. The summed E-state index contributed by atoms with van der Waals surface area (Å²) in [6.45, 7) is 1.32. The summed E-state index contributed by atoms with van der Waals surface area (Å²) in [5.41, 5.74) is -0.163. The van der Waals surface area contributed by atoms with Crippen LogP contribution < -0.4 is 10.9 Å². The largest absolute Gasteiger partial charge is 0.471 e. The molecule has 146 valence electrons. The zero-order valence-corrected chi connectivity index (χ0v) is 15.9. The normalized spacial score (nSPS) is 12.8. The Morgan fingerprint density at radius 3 is 2.32 bits per heavy atom. The lowest BCUT2D eigenvalue weighted by molar-refractivity contribution is -0.174. The van der Waals surface area contributed by atoms with Crippen molar-refractivity contribution in [1.82, 2.24) is 9.88 Å². The molecule has 1 atom stereocenters. The Hall–Kier alpha value is -2.51. The molecule has 2 aromatic carbocycles. The molecule has 1 aromatic heterocycles. The van der Waals surface area contributed by atoms with Crippen LogP contribution >= 0.6 is 23.2 Å². The average Bonchev–Trinajstić information content (AvgIpc) is 2.64. The fourth-order valence-corrected chi connectivity index (χ4v) is 3.61. The lowest BCUT2D eigenvalue weighted by Gasteiger charge is -2.23. The van der Waals surface area contributed by atoms with Gasteiger partial charge in [0.1, 0.15) is 0 Å². The zero-order chi connectivity index (χ0) is 20.6. The molecule has 1 N–H and O–H groups in total. The van der Waals surface area contributed by atoms with Crippen LogP contribution in [0.25, 0.3) is 16.5 Å². The van der Waals surface area contributed by atoms with Gasteiger partial charge >= 0.3 is 12.1 Å². The molecule has 0 saturated heterocycles. The molecule has 3 aromatic rings. The van der Waals surface area contributed by atoms with Crippen molar-refractivity contribution in [2.24, 2.45) is 0 Å². The van der Waals surface area contributed by atoms with E-state index in [1.54, 1.807) is 42.5 Å². The van der Waals surface area contributed by atoms with Crippen molar-refractivity contribution >= 4 is 39.9 Å². The summed E-state index contributed by atoms with van der Waals surface area (Å²) in [5, 5.41) is 2.46. The Bertz CT molecular complexity index is 1110. The van der Waals surface area contributed by atoms with Crippen LogP contribution in [-0.4, -0.2) is 16.7 Å². The first-order valence-corrected chi connectivity index (χ1v) is 8.84. The minimum atomic E-state index is -5.07. The van der Waals surface area contributed by atoms with E-state index in [2.05, 4.69) is 0 Å². The molecule has 0 spiro atoms. The molecule has 0 aliphatic rings. The van der Waals surface area contributed by atoms with Gasteiger partial charge in [0.25, 0.3) is 5.56 Å². The predicted molar refractivity (Wildman–Crippen MR) is 102 cm³/mol. The van der Waals surface area contributed by atoms with Crippen LogP contribution in [0.5, 0.6) is 0 Å². The molecule has 0 radical (unpaired) electrons. The van der Waals surface area contributed by atoms with E-state index in [4.69, 9.17) is 23.2 Å². The van der Waals surface area contributed by atoms with Gasteiger partial charge in [-0.2, -0.15) is 13.2 Å². The Balaban J connectivity index is 2.33. The molecule has 0 fully saturated rings. The van der Waals surface area contributed by atoms with E-state index in [1.165, 1.54) is 13.0 Å². The molecule has 9 heteroatoms. The molecule has 1 unspecified atom stereocenters. The minimum Gasteiger partial charge on any atom is -0.340 e. The van der Waals surface area contributed by atoms with Gasteiger partial charge in [0.2, 0.25) is 0 Å². The fourth-order valence-electron chi connectivity index (χ4n) is 2.95. The summed E-state index contributed by atoms with van der Waals surface area (Å²) in [7, 11) is 0. The van der Waals surface area contributed by atoms with Crippen LogP contribution in [0.4, 0.5) is 13.2 Å². The predicted octanol–water partition coefficient (Wildman–Crippen LogP) is 5.04. The molecule has 1 heterocycles. The third kappa shape index (κ3) is 3.59. The number of fused-ring (bicyclic) bond motifs is 1. The molecule has 0 bridgehead atoms. The minimum absolute atomic E-state index is 0.0187. The number of hydrogen-bond acceptors (Lipinski definition) is 2. The molecular weight excluding hydrogens is 416 g/mol. The first-order valence-electron chi connectivity index (χ1n) is 8.08. The molecule has 1 amide bonds. The number of amides is 1. The van der Waals surface area contributed by atoms with Crippen molar-refractivity contribution in [3.8, 4) is 5.69 Å². The van der Waals surface area contributed by atoms with Crippen molar-refractivity contribution in [3.63, 3.8) is 0 Å². The number of alkyl halides is 3. The molecular formula is C19H13Cl2F3N2O2. The molecule has 0 aliphatic heterocycles. The van der Waals surface area contributed by atoms with Gasteiger partial charge in [0.15, 0.2) is 0 Å². The zero-order valence-electron chi connectivity index (χ0n) is 14.3. The smallest absolute Gasteiger partial charge is 0.340 e. The molecule has 0 saturated carbocycles. The summed E-state index contributed by atoms with van der Waals surface area (Å²) < 4.78 is 39.3. The van der Waals surface area contributed by atoms with Crippen LogP contribution in [0.15, 0.2) is 53.3 Å². The van der Waals surface area contributed by atoms with E-state index >= 15 is 0 Å². The average molecular weight is 429 g/mol. The van der Waals surface area contributed by atoms with E-state index in [0.717, 1.165) is 4.57 Å². The topological polar surface area (TPSA) is 51.1 Å². The van der Waals surface area contributed by atoms with Gasteiger partial charge in [-0.15, -0.1) is 0 Å². The van der Waals surface area contributed by atoms with Crippen molar-refractivity contribution in [2.75, 3.05) is 0 Å². The summed E-state index contributed by atoms with van der Waals surface area (Å²) >= 11 is 12.7. The van der Waals surface area contributed by atoms with Gasteiger partial charge in [-0.05, 0) is 25.1 Å². The summed E-state index contributed by atoms with van der Waals surface area (Å²) in [4.78, 5) is 24.6. The van der Waals surface area contributed by atoms with Gasteiger partial charge in [-0.1, -0.05) is 53.5 Å². The Labute approximate surface area is 167 Å². The van der Waals surface area contributed by atoms with E-state index in [1.807, 2.05) is 5.32 Å². The second-order valence-electron chi connectivity index (χ2n) is 6.03. The van der Waals surface area contributed by atoms with Crippen molar-refractivity contribution in [2.45, 2.75) is 19.1 Å². The Morgan fingerprint density at radius 1 is 1.07 bits per heavy atom. The number of rotatable bonds is 3. The van der Waals surface area contributed by atoms with E-state index < -0.39 is 23.7 Å². The van der Waals surface area contributed by atoms with Crippen LogP contribution in [0.1, 0.15) is 18.7 Å². The molecule has 3 rings (SSSR count). The standard InChI is InChI=1S/C19H13Cl2F3N2O2/c1-10(25-18(28)19(22,23)24)16-15(21)12-8-5-9-13(20)14(12)17(27)26(16)11-6-3-2-4-7-11/h2-10H,1H3,(H,25,28). The number of para-hydroxylation sites is 1. The summed E-state index contributed by atoms with van der Waals surface area (Å²) in [6, 6.07) is 11.7. The van der Waals surface area contributed by atoms with Gasteiger partial charge in [0, 0.05) is 11.1 Å². The third-order valence-electron chi connectivity index (χ3n) is 4.16. The molecule has 0 aliphatic carbocycles. The number of halogens is 5. The quantitative estimate of drug-likeness (QED) is 0.635. The summed E-state index contributed by atoms with van der Waals surface area (Å²) in [5.74, 6) is -2.13. The van der Waals surface area contributed by atoms with Crippen LogP contribution in [0.3, 0.4) is 0 Å². The first-order chi connectivity index (χ1) is 13.1. The van der Waals surface area contributed by atoms with E-state index in [9.17, 15) is 22.8 Å². The Kier molecular flexibility index (Phi) is 5.41. The van der Waals surface area contributed by atoms with Crippen LogP contribution in [-0.2, 0) is 4.79 Å². The molecule has 28 heavy (non-hydrogen) atoms. The maximum absolute atomic E-state index is 13.2. The van der Waals surface area contributed by atoms with Gasteiger partial charge in [-0.3, -0.25) is 14.2 Å². The van der Waals surface area contributed by atoms with Crippen molar-refractivity contribution < 1.29 is 18.0 Å². The number of benzene rings is 2. The number of pyridine rings is 1. The number of carbonyl (C=O) groups excluding carboxylic acids is 1. The van der Waals surface area contributed by atoms with Gasteiger partial charge in [0.05, 0.1) is 27.2 Å². The second-order valence-corrected chi connectivity index (χ2v) is 6.82. The highest BCUT2D eigenvalue weighted by molar-refractivity contribution is 6.40. The lowest BCUT2D eigenvalue weighted by Crippen LogP contribution is -2.40. The van der Waals surface area contributed by atoms with Crippen LogP contribution in [0, 0.1) is 0 Å². The number of hydrogen-bond donors (Lipinski definition) is 1. The fraction of sp³-hybridized carbons (Fsp3) is 0.158. The molecule has 4 nitrogen and oxygen atoms in total. The van der Waals surface area contributed by atoms with Crippen molar-refractivity contribution in [3.05, 3.63) is 74.6 Å². The number of nitrogens with one attached hydrogen (secondary N) is 1. The SMILES string of the molecule is CC(NC(=O)C(F)(F)F)c1c(Cl)c2cccc(Cl)c2c(=O)n1-c1ccccc1. The third-order valence-corrected chi connectivity index (χ3v) is 4.87. The maximum atomic E-state index is 13.2. The van der Waals surface area contributed by atoms with Crippen molar-refractivity contribution in [1.29, 1.82) is 0 Å². The van der Waals surface area contributed by atoms with Crippen LogP contribution in [0.2, 0.25) is 10.0 Å². The monoisotopic (exact) mass is 428 g/mol. The van der Waals surface area contributed by atoms with Gasteiger partial charge < -0.3 is 5.32 Å². The number of aromatic nitrogens is 1. The number of carbonyl (C=O) groups is 1. The Morgan fingerprint density at radius 2 is 1.71 bits per heavy atom. The second kappa shape index (κ2) is 7.48. The summed E-state index contributed by atoms with van der Waals surface area (Å²) in [6.07, 6.45) is -5.07. The lowest BCUT2D eigenvalue weighted by atomic mass is 10.1. The first kappa shape index (κ1) is 20.2. The van der Waals surface area contributed by atoms with E-state index in [-0.39, 0.29) is 26.5 Å². The maximum Gasteiger partial charge on any atom is 0.471 e. The van der Waals surface area contributed by atoms with E-state index in [0.29, 0.717) is 5.69 Å².